The molecule has 192 valence electrons. The van der Waals surface area contributed by atoms with E-state index in [2.05, 4.69) is 21.9 Å². The molecule has 4 rings (SSSR count). The van der Waals surface area contributed by atoms with Crippen LogP contribution in [0.25, 0.3) is 0 Å². The van der Waals surface area contributed by atoms with Crippen LogP contribution in [0.15, 0.2) is 55.4 Å². The van der Waals surface area contributed by atoms with Crippen LogP contribution in [0.5, 0.6) is 5.75 Å². The summed E-state index contributed by atoms with van der Waals surface area (Å²) >= 11 is 6.38. The third-order valence-corrected chi connectivity index (χ3v) is 6.28. The van der Waals surface area contributed by atoms with Crippen LogP contribution in [-0.2, 0) is 11.4 Å². The van der Waals surface area contributed by atoms with Crippen molar-refractivity contribution in [3.63, 3.8) is 0 Å². The fourth-order valence-corrected chi connectivity index (χ4v) is 4.33. The number of nitrogens with one attached hydrogen (secondary N) is 2. The molecule has 0 bridgehead atoms. The van der Waals surface area contributed by atoms with Crippen molar-refractivity contribution >= 4 is 34.9 Å². The summed E-state index contributed by atoms with van der Waals surface area (Å²) < 4.78 is 32.9. The lowest BCUT2D eigenvalue weighted by atomic mass is 10.0. The van der Waals surface area contributed by atoms with E-state index < -0.39 is 11.6 Å². The quantitative estimate of drug-likeness (QED) is 0.292. The minimum atomic E-state index is -0.592. The van der Waals surface area contributed by atoms with Gasteiger partial charge in [0.15, 0.2) is 0 Å². The number of benzene rings is 2. The standard InChI is InChI=1S/C26H25ClF2N6O2/c1-2-22(36)35-9-3-4-18(12-35)34-26-23(25(31)32-14-33-26)24(30)15-5-8-21(19(27)11-15)37-13-16-10-17(28)6-7-20(16)29/h2,5-8,10-11,14,18,30H,1,3-4,9,12-13H2,(H3,31,32,33,34)/t18-/m1/s1. The first-order valence-electron chi connectivity index (χ1n) is 11.5. The molecule has 1 fully saturated rings. The van der Waals surface area contributed by atoms with Gasteiger partial charge in [-0.05, 0) is 55.3 Å². The van der Waals surface area contributed by atoms with E-state index >= 15 is 0 Å². The highest BCUT2D eigenvalue weighted by Gasteiger charge is 2.25. The monoisotopic (exact) mass is 526 g/mol. The van der Waals surface area contributed by atoms with Crippen LogP contribution in [0.1, 0.15) is 29.5 Å². The largest absolute Gasteiger partial charge is 0.487 e. The second-order valence-corrected chi connectivity index (χ2v) is 8.91. The first-order chi connectivity index (χ1) is 17.8. The van der Waals surface area contributed by atoms with E-state index in [0.717, 1.165) is 31.0 Å². The molecule has 1 saturated heterocycles. The van der Waals surface area contributed by atoms with E-state index in [0.29, 0.717) is 30.0 Å². The lowest BCUT2D eigenvalue weighted by Gasteiger charge is -2.33. The number of amides is 1. The smallest absolute Gasteiger partial charge is 0.246 e. The molecule has 2 aromatic carbocycles. The maximum absolute atomic E-state index is 13.9. The summed E-state index contributed by atoms with van der Waals surface area (Å²) in [5.74, 6) is -0.588. The number of carbonyl (C=O) groups is 1. The van der Waals surface area contributed by atoms with Crippen LogP contribution < -0.4 is 15.8 Å². The van der Waals surface area contributed by atoms with Crippen LogP contribution in [0, 0.1) is 17.0 Å². The summed E-state index contributed by atoms with van der Waals surface area (Å²) in [5, 5.41) is 12.3. The molecule has 1 aliphatic rings. The number of rotatable bonds is 8. The van der Waals surface area contributed by atoms with Crippen molar-refractivity contribution in [3.8, 4) is 5.75 Å². The number of carbonyl (C=O) groups excluding carboxylic acids is 1. The zero-order valence-corrected chi connectivity index (χ0v) is 20.6. The van der Waals surface area contributed by atoms with Gasteiger partial charge in [-0.15, -0.1) is 0 Å². The van der Waals surface area contributed by atoms with Gasteiger partial charge in [0.05, 0.1) is 16.3 Å². The Balaban J connectivity index is 1.52. The van der Waals surface area contributed by atoms with Gasteiger partial charge in [0.1, 0.15) is 42.0 Å². The van der Waals surface area contributed by atoms with Crippen LogP contribution in [0.3, 0.4) is 0 Å². The van der Waals surface area contributed by atoms with E-state index in [1.165, 1.54) is 24.5 Å². The number of halogens is 3. The Hall–Kier alpha value is -4.05. The molecule has 1 aliphatic heterocycles. The zero-order chi connectivity index (χ0) is 26.5. The van der Waals surface area contributed by atoms with Gasteiger partial charge in [-0.25, -0.2) is 18.7 Å². The van der Waals surface area contributed by atoms with Crippen LogP contribution >= 0.6 is 11.6 Å². The van der Waals surface area contributed by atoms with Gasteiger partial charge in [0, 0.05) is 30.3 Å². The number of anilines is 2. The lowest BCUT2D eigenvalue weighted by molar-refractivity contribution is -0.127. The van der Waals surface area contributed by atoms with Crippen molar-refractivity contribution in [3.05, 3.63) is 88.7 Å². The highest BCUT2D eigenvalue weighted by atomic mass is 35.5. The molecule has 1 amide bonds. The minimum absolute atomic E-state index is 0.0278. The average molecular weight is 527 g/mol. The van der Waals surface area contributed by atoms with Crippen molar-refractivity contribution in [2.45, 2.75) is 25.5 Å². The first-order valence-corrected chi connectivity index (χ1v) is 11.9. The number of likely N-dealkylation sites (tertiary alicyclic amines) is 1. The summed E-state index contributed by atoms with van der Waals surface area (Å²) in [6.07, 6.45) is 4.21. The third kappa shape index (κ3) is 6.03. The fourth-order valence-electron chi connectivity index (χ4n) is 4.10. The van der Waals surface area contributed by atoms with Gasteiger partial charge in [-0.3, -0.25) is 10.2 Å². The number of nitrogen functional groups attached to an aromatic ring is 1. The molecule has 0 spiro atoms. The number of ether oxygens (including phenoxy) is 1. The molecule has 1 atom stereocenters. The fraction of sp³-hybridized carbons (Fsp3) is 0.231. The normalized spacial score (nSPS) is 15.2. The van der Waals surface area contributed by atoms with E-state index in [1.807, 2.05) is 0 Å². The SMILES string of the molecule is C=CC(=O)N1CCC[C@@H](Nc2ncnc(N)c2C(=N)c2ccc(OCc3cc(F)ccc3F)c(Cl)c2)C1. The van der Waals surface area contributed by atoms with Crippen molar-refractivity contribution in [1.29, 1.82) is 5.41 Å². The summed E-state index contributed by atoms with van der Waals surface area (Å²) in [7, 11) is 0. The number of nitrogens with two attached hydrogens (primary N) is 1. The molecule has 1 aromatic heterocycles. The zero-order valence-electron chi connectivity index (χ0n) is 19.8. The van der Waals surface area contributed by atoms with E-state index in [1.54, 1.807) is 11.0 Å². The van der Waals surface area contributed by atoms with Crippen molar-refractivity contribution in [2.75, 3.05) is 24.1 Å². The summed E-state index contributed by atoms with van der Waals surface area (Å²) in [6, 6.07) is 7.67. The Labute approximate surface area is 217 Å². The van der Waals surface area contributed by atoms with Crippen LogP contribution in [-0.4, -0.2) is 45.6 Å². The average Bonchev–Trinajstić information content (AvgIpc) is 2.89. The maximum atomic E-state index is 13.9. The lowest BCUT2D eigenvalue weighted by Crippen LogP contribution is -2.44. The van der Waals surface area contributed by atoms with Gasteiger partial charge in [0.2, 0.25) is 5.91 Å². The van der Waals surface area contributed by atoms with Crippen molar-refractivity contribution in [2.24, 2.45) is 0 Å². The number of piperidine rings is 1. The highest BCUT2D eigenvalue weighted by Crippen LogP contribution is 2.30. The van der Waals surface area contributed by atoms with Gasteiger partial charge in [0.25, 0.3) is 0 Å². The Morgan fingerprint density at radius 3 is 2.86 bits per heavy atom. The maximum Gasteiger partial charge on any atom is 0.246 e. The molecule has 0 unspecified atom stereocenters. The second-order valence-electron chi connectivity index (χ2n) is 8.50. The summed E-state index contributed by atoms with van der Waals surface area (Å²) in [4.78, 5) is 22.1. The van der Waals surface area contributed by atoms with E-state index in [9.17, 15) is 13.6 Å². The molecule has 0 radical (unpaired) electrons. The number of nitrogens with zero attached hydrogens (tertiary/aromatic N) is 3. The molecule has 4 N–H and O–H groups in total. The Bertz CT molecular complexity index is 1350. The van der Waals surface area contributed by atoms with E-state index in [4.69, 9.17) is 27.5 Å². The van der Waals surface area contributed by atoms with Gasteiger partial charge >= 0.3 is 0 Å². The molecule has 3 aromatic rings. The van der Waals surface area contributed by atoms with Crippen molar-refractivity contribution in [1.82, 2.24) is 14.9 Å². The number of hydrogen-bond donors (Lipinski definition) is 3. The predicted octanol–water partition coefficient (Wildman–Crippen LogP) is 4.57. The highest BCUT2D eigenvalue weighted by molar-refractivity contribution is 6.32. The van der Waals surface area contributed by atoms with Crippen molar-refractivity contribution < 1.29 is 18.3 Å². The Morgan fingerprint density at radius 2 is 2.11 bits per heavy atom. The van der Waals surface area contributed by atoms with Gasteiger partial charge in [-0.2, -0.15) is 0 Å². The first kappa shape index (κ1) is 26.0. The van der Waals surface area contributed by atoms with Gasteiger partial charge in [-0.1, -0.05) is 18.2 Å². The Kier molecular flexibility index (Phi) is 7.98. The third-order valence-electron chi connectivity index (χ3n) is 5.99. The molecular formula is C26H25ClF2N6O2. The topological polar surface area (TPSA) is 117 Å². The Morgan fingerprint density at radius 1 is 1.30 bits per heavy atom. The minimum Gasteiger partial charge on any atom is -0.487 e. The second kappa shape index (κ2) is 11.3. The number of aromatic nitrogens is 2. The molecule has 2 heterocycles. The van der Waals surface area contributed by atoms with Crippen LogP contribution in [0.2, 0.25) is 5.02 Å². The summed E-state index contributed by atoms with van der Waals surface area (Å²) in [5.41, 5.74) is 6.93. The molecular weight excluding hydrogens is 502 g/mol. The molecule has 11 heteroatoms. The predicted molar refractivity (Wildman–Crippen MR) is 138 cm³/mol. The molecule has 8 nitrogen and oxygen atoms in total. The van der Waals surface area contributed by atoms with E-state index in [-0.39, 0.29) is 46.4 Å². The van der Waals surface area contributed by atoms with Crippen LogP contribution in [0.4, 0.5) is 20.4 Å². The molecule has 37 heavy (non-hydrogen) atoms. The molecule has 0 saturated carbocycles. The number of hydrogen-bond acceptors (Lipinski definition) is 7. The molecule has 0 aliphatic carbocycles. The van der Waals surface area contributed by atoms with Gasteiger partial charge < -0.3 is 20.7 Å². The summed E-state index contributed by atoms with van der Waals surface area (Å²) in [6.45, 7) is 4.44.